The van der Waals surface area contributed by atoms with Crippen molar-refractivity contribution < 1.29 is 4.79 Å². The van der Waals surface area contributed by atoms with E-state index in [4.69, 9.17) is 0 Å². The lowest BCUT2D eigenvalue weighted by molar-refractivity contribution is -0.115. The Balaban J connectivity index is 1.53. The molecule has 2 aliphatic heterocycles. The highest BCUT2D eigenvalue weighted by Gasteiger charge is 2.25. The quantitative estimate of drug-likeness (QED) is 0.849. The number of likely N-dealkylation sites (N-methyl/N-ethyl adjacent to an activating group) is 1. The van der Waals surface area contributed by atoms with Gasteiger partial charge in [-0.05, 0) is 12.6 Å². The van der Waals surface area contributed by atoms with Crippen LogP contribution >= 0.6 is 0 Å². The zero-order valence-corrected chi connectivity index (χ0v) is 14.9. The summed E-state index contributed by atoms with van der Waals surface area (Å²) in [5.74, 6) is 1.26. The first-order chi connectivity index (χ1) is 12.7. The van der Waals surface area contributed by atoms with Crippen molar-refractivity contribution in [2.75, 3.05) is 55.4 Å². The van der Waals surface area contributed by atoms with Crippen molar-refractivity contribution in [3.63, 3.8) is 0 Å². The highest BCUT2D eigenvalue weighted by atomic mass is 16.2. The van der Waals surface area contributed by atoms with Gasteiger partial charge in [-0.1, -0.05) is 30.3 Å². The van der Waals surface area contributed by atoms with Gasteiger partial charge in [-0.25, -0.2) is 9.99 Å². The number of amides is 1. The number of hydrogen-bond acceptors (Lipinski definition) is 7. The number of benzene rings is 1. The number of rotatable bonds is 4. The largest absolute Gasteiger partial charge is 0.341 e. The standard InChI is InChI=1S/C18H23N7O/c1-23-7-9-25(10-8-23)22-18-19-11-15-17(21-18)24(13-16(26)20-15)12-14-5-3-2-4-6-14/h2-6,11H,7-10,12-13H2,1H3,(H,20,26)(H,19,21,22). The summed E-state index contributed by atoms with van der Waals surface area (Å²) in [5.41, 5.74) is 5.09. The molecule has 1 aromatic carbocycles. The van der Waals surface area contributed by atoms with Crippen LogP contribution in [0.4, 0.5) is 17.5 Å². The molecule has 136 valence electrons. The summed E-state index contributed by atoms with van der Waals surface area (Å²) in [6, 6.07) is 10.1. The van der Waals surface area contributed by atoms with Gasteiger partial charge in [0.1, 0.15) is 5.69 Å². The molecule has 2 N–H and O–H groups in total. The summed E-state index contributed by atoms with van der Waals surface area (Å²) in [4.78, 5) is 25.3. The van der Waals surface area contributed by atoms with Crippen LogP contribution in [0.5, 0.6) is 0 Å². The zero-order valence-electron chi connectivity index (χ0n) is 14.9. The van der Waals surface area contributed by atoms with Crippen LogP contribution in [0, 0.1) is 0 Å². The molecule has 4 rings (SSSR count). The molecule has 26 heavy (non-hydrogen) atoms. The Kier molecular flexibility index (Phi) is 4.68. The Bertz CT molecular complexity index is 774. The number of nitrogens with zero attached hydrogens (tertiary/aromatic N) is 5. The number of piperazine rings is 1. The minimum Gasteiger partial charge on any atom is -0.341 e. The molecule has 0 atom stereocenters. The van der Waals surface area contributed by atoms with Gasteiger partial charge in [0.2, 0.25) is 11.9 Å². The molecule has 0 aliphatic carbocycles. The number of hydrogen-bond donors (Lipinski definition) is 2. The van der Waals surface area contributed by atoms with E-state index in [9.17, 15) is 4.79 Å². The molecule has 0 unspecified atom stereocenters. The van der Waals surface area contributed by atoms with Crippen molar-refractivity contribution in [2.24, 2.45) is 0 Å². The van der Waals surface area contributed by atoms with Crippen molar-refractivity contribution in [3.05, 3.63) is 42.1 Å². The molecular formula is C18H23N7O. The van der Waals surface area contributed by atoms with E-state index in [0.29, 0.717) is 18.2 Å². The molecule has 0 radical (unpaired) electrons. The van der Waals surface area contributed by atoms with Crippen LogP contribution in [0.3, 0.4) is 0 Å². The molecule has 1 fully saturated rings. The van der Waals surface area contributed by atoms with E-state index in [1.165, 1.54) is 0 Å². The minimum absolute atomic E-state index is 0.0446. The van der Waals surface area contributed by atoms with Crippen LogP contribution in [0.2, 0.25) is 0 Å². The second-order valence-corrected chi connectivity index (χ2v) is 6.72. The van der Waals surface area contributed by atoms with Crippen LogP contribution in [0.15, 0.2) is 36.5 Å². The van der Waals surface area contributed by atoms with Crippen molar-refractivity contribution in [1.82, 2.24) is 19.9 Å². The molecule has 3 heterocycles. The molecule has 1 amide bonds. The predicted molar refractivity (Wildman–Crippen MR) is 101 cm³/mol. The first kappa shape index (κ1) is 16.7. The smallest absolute Gasteiger partial charge is 0.244 e. The van der Waals surface area contributed by atoms with Crippen LogP contribution in [-0.2, 0) is 11.3 Å². The summed E-state index contributed by atoms with van der Waals surface area (Å²) in [6.07, 6.45) is 1.68. The third kappa shape index (κ3) is 3.76. The number of aromatic nitrogens is 2. The number of carbonyl (C=O) groups excluding carboxylic acids is 1. The zero-order chi connectivity index (χ0) is 17.9. The van der Waals surface area contributed by atoms with Gasteiger partial charge in [0.05, 0.1) is 12.7 Å². The van der Waals surface area contributed by atoms with Crippen LogP contribution in [0.1, 0.15) is 5.56 Å². The molecule has 2 aromatic rings. The number of fused-ring (bicyclic) bond motifs is 1. The Morgan fingerprint density at radius 2 is 1.92 bits per heavy atom. The van der Waals surface area contributed by atoms with Gasteiger partial charge >= 0.3 is 0 Å². The molecule has 8 heteroatoms. The van der Waals surface area contributed by atoms with Gasteiger partial charge in [-0.3, -0.25) is 10.2 Å². The third-order valence-electron chi connectivity index (χ3n) is 4.65. The molecule has 1 saturated heterocycles. The average Bonchev–Trinajstić information content (AvgIpc) is 2.65. The van der Waals surface area contributed by atoms with Crippen LogP contribution < -0.4 is 15.6 Å². The van der Waals surface area contributed by atoms with E-state index in [1.54, 1.807) is 6.20 Å². The summed E-state index contributed by atoms with van der Waals surface area (Å²) in [7, 11) is 2.12. The minimum atomic E-state index is -0.0446. The Morgan fingerprint density at radius 3 is 2.69 bits per heavy atom. The van der Waals surface area contributed by atoms with Crippen molar-refractivity contribution in [2.45, 2.75) is 6.54 Å². The number of nitrogens with one attached hydrogen (secondary N) is 2. The molecule has 2 aliphatic rings. The van der Waals surface area contributed by atoms with Crippen LogP contribution in [-0.4, -0.2) is 65.6 Å². The van der Waals surface area contributed by atoms with E-state index in [2.05, 4.69) is 49.8 Å². The van der Waals surface area contributed by atoms with Crippen molar-refractivity contribution >= 4 is 23.4 Å². The number of carbonyl (C=O) groups is 1. The SMILES string of the molecule is CN1CCN(Nc2ncc3c(n2)N(Cc2ccccc2)CC(=O)N3)CC1. The highest BCUT2D eigenvalue weighted by molar-refractivity contribution is 6.00. The van der Waals surface area contributed by atoms with Gasteiger partial charge in [0.15, 0.2) is 5.82 Å². The maximum absolute atomic E-state index is 12.0. The normalized spacial score (nSPS) is 18.3. The lowest BCUT2D eigenvalue weighted by Gasteiger charge is -2.33. The lowest BCUT2D eigenvalue weighted by atomic mass is 10.2. The summed E-state index contributed by atoms with van der Waals surface area (Å²) < 4.78 is 0. The first-order valence-corrected chi connectivity index (χ1v) is 8.83. The highest BCUT2D eigenvalue weighted by Crippen LogP contribution is 2.28. The fourth-order valence-corrected chi connectivity index (χ4v) is 3.19. The summed E-state index contributed by atoms with van der Waals surface area (Å²) in [5, 5.41) is 4.99. The predicted octanol–water partition coefficient (Wildman–Crippen LogP) is 1.01. The fourth-order valence-electron chi connectivity index (χ4n) is 3.19. The second-order valence-electron chi connectivity index (χ2n) is 6.72. The molecule has 0 bridgehead atoms. The molecule has 0 spiro atoms. The van der Waals surface area contributed by atoms with Crippen molar-refractivity contribution in [1.29, 1.82) is 0 Å². The third-order valence-corrected chi connectivity index (χ3v) is 4.65. The Morgan fingerprint density at radius 1 is 1.15 bits per heavy atom. The average molecular weight is 353 g/mol. The van der Waals surface area contributed by atoms with Gasteiger partial charge in [-0.2, -0.15) is 4.98 Å². The first-order valence-electron chi connectivity index (χ1n) is 8.83. The second kappa shape index (κ2) is 7.27. The van der Waals surface area contributed by atoms with E-state index in [0.717, 1.165) is 37.6 Å². The summed E-state index contributed by atoms with van der Waals surface area (Å²) in [6.45, 7) is 4.77. The maximum Gasteiger partial charge on any atom is 0.244 e. The van der Waals surface area contributed by atoms with E-state index in [-0.39, 0.29) is 12.5 Å². The fraction of sp³-hybridized carbons (Fsp3) is 0.389. The van der Waals surface area contributed by atoms with E-state index >= 15 is 0 Å². The molecular weight excluding hydrogens is 330 g/mol. The topological polar surface area (TPSA) is 76.6 Å². The van der Waals surface area contributed by atoms with Gasteiger partial charge in [0, 0.05) is 32.7 Å². The Hall–Kier alpha value is -2.71. The van der Waals surface area contributed by atoms with Gasteiger partial charge in [0.25, 0.3) is 0 Å². The summed E-state index contributed by atoms with van der Waals surface area (Å²) >= 11 is 0. The molecule has 8 nitrogen and oxygen atoms in total. The lowest BCUT2D eigenvalue weighted by Crippen LogP contribution is -2.47. The maximum atomic E-state index is 12.0. The van der Waals surface area contributed by atoms with E-state index in [1.807, 2.05) is 23.1 Å². The van der Waals surface area contributed by atoms with Gasteiger partial charge in [-0.15, -0.1) is 0 Å². The monoisotopic (exact) mass is 353 g/mol. The van der Waals surface area contributed by atoms with Crippen LogP contribution in [0.25, 0.3) is 0 Å². The molecule has 0 saturated carbocycles. The van der Waals surface area contributed by atoms with Crippen molar-refractivity contribution in [3.8, 4) is 0 Å². The Labute approximate surface area is 152 Å². The number of hydrazine groups is 1. The molecule has 1 aromatic heterocycles. The van der Waals surface area contributed by atoms with Gasteiger partial charge < -0.3 is 15.1 Å². The number of anilines is 3. The van der Waals surface area contributed by atoms with E-state index < -0.39 is 0 Å².